The van der Waals surface area contributed by atoms with E-state index in [0.29, 0.717) is 32.1 Å². The number of rotatable bonds is 4. The zero-order valence-corrected chi connectivity index (χ0v) is 14.7. The van der Waals surface area contributed by atoms with Crippen molar-refractivity contribution in [2.45, 2.75) is 44.7 Å². The summed E-state index contributed by atoms with van der Waals surface area (Å²) in [6, 6.07) is 0.502. The van der Waals surface area contributed by atoms with Gasteiger partial charge in [-0.25, -0.2) is 0 Å². The third-order valence-corrected chi connectivity index (χ3v) is 4.59. The Morgan fingerprint density at radius 1 is 1.29 bits per heavy atom. The number of nitrogens with zero attached hydrogens (tertiary/aromatic N) is 2. The predicted molar refractivity (Wildman–Crippen MR) is 89.4 cm³/mol. The molecule has 0 saturated carbocycles. The number of hydrogen-bond acceptors (Lipinski definition) is 4. The van der Waals surface area contributed by atoms with Crippen molar-refractivity contribution in [2.75, 3.05) is 39.4 Å². The number of ether oxygens (including phenoxy) is 1. The molecule has 2 rings (SSSR count). The summed E-state index contributed by atoms with van der Waals surface area (Å²) in [5.41, 5.74) is 5.60. The highest BCUT2D eigenvalue weighted by atomic mass is 35.5. The normalized spacial score (nSPS) is 24.4. The van der Waals surface area contributed by atoms with Gasteiger partial charge in [-0.3, -0.25) is 9.69 Å². The van der Waals surface area contributed by atoms with E-state index in [1.54, 1.807) is 0 Å². The maximum atomic E-state index is 12.6. The summed E-state index contributed by atoms with van der Waals surface area (Å²) in [5.74, 6) is 0.130. The molecule has 0 aromatic heterocycles. The summed E-state index contributed by atoms with van der Waals surface area (Å²) in [6.45, 7) is 9.34. The maximum Gasteiger partial charge on any atom is 0.242 e. The van der Waals surface area contributed by atoms with Crippen molar-refractivity contribution in [3.8, 4) is 0 Å². The number of nitrogens with two attached hydrogens (primary N) is 1. The fourth-order valence-corrected chi connectivity index (χ4v) is 3.23. The Labute approximate surface area is 140 Å². The van der Waals surface area contributed by atoms with Crippen LogP contribution < -0.4 is 5.73 Å². The molecular weight excluding hydrogens is 313 g/mol. The fraction of sp³-hybridized carbons (Fsp3) is 0.929. The van der Waals surface area contributed by atoms with Crippen molar-refractivity contribution in [3.63, 3.8) is 0 Å². The smallest absolute Gasteiger partial charge is 0.242 e. The SMILES string of the molecule is CCN(CC)C1CCN(C(=O)C2(N)CCOCC2)C1.Cl.Cl. The van der Waals surface area contributed by atoms with Crippen LogP contribution in [-0.4, -0.2) is 66.7 Å². The third-order valence-electron chi connectivity index (χ3n) is 4.59. The van der Waals surface area contributed by atoms with Gasteiger partial charge in [0.2, 0.25) is 5.91 Å². The number of likely N-dealkylation sites (tertiary alicyclic amines) is 1. The van der Waals surface area contributed by atoms with E-state index in [1.165, 1.54) is 0 Å². The van der Waals surface area contributed by atoms with Crippen LogP contribution in [0.5, 0.6) is 0 Å². The van der Waals surface area contributed by atoms with Crippen LogP contribution >= 0.6 is 24.8 Å². The summed E-state index contributed by atoms with van der Waals surface area (Å²) in [6.07, 6.45) is 2.37. The van der Waals surface area contributed by atoms with Crippen LogP contribution in [0.25, 0.3) is 0 Å². The quantitative estimate of drug-likeness (QED) is 0.836. The molecule has 2 fully saturated rings. The first-order chi connectivity index (χ1) is 9.10. The van der Waals surface area contributed by atoms with Gasteiger partial charge in [-0.1, -0.05) is 13.8 Å². The van der Waals surface area contributed by atoms with E-state index >= 15 is 0 Å². The maximum absolute atomic E-state index is 12.6. The Morgan fingerprint density at radius 2 is 1.86 bits per heavy atom. The van der Waals surface area contributed by atoms with Crippen LogP contribution in [0.4, 0.5) is 0 Å². The van der Waals surface area contributed by atoms with Crippen LogP contribution in [0.3, 0.4) is 0 Å². The van der Waals surface area contributed by atoms with E-state index in [1.807, 2.05) is 4.90 Å². The van der Waals surface area contributed by atoms with E-state index < -0.39 is 5.54 Å². The van der Waals surface area contributed by atoms with E-state index in [2.05, 4.69) is 18.7 Å². The minimum atomic E-state index is -0.684. The van der Waals surface area contributed by atoms with Gasteiger partial charge in [0, 0.05) is 32.3 Å². The van der Waals surface area contributed by atoms with Gasteiger partial charge < -0.3 is 15.4 Å². The van der Waals surface area contributed by atoms with Crippen molar-refractivity contribution in [1.82, 2.24) is 9.80 Å². The van der Waals surface area contributed by atoms with Crippen molar-refractivity contribution in [2.24, 2.45) is 5.73 Å². The van der Waals surface area contributed by atoms with E-state index in [9.17, 15) is 4.79 Å². The zero-order valence-electron chi connectivity index (χ0n) is 13.0. The lowest BCUT2D eigenvalue weighted by Crippen LogP contribution is -2.58. The first-order valence-electron chi connectivity index (χ1n) is 7.50. The highest BCUT2D eigenvalue weighted by Crippen LogP contribution is 2.24. The van der Waals surface area contributed by atoms with Crippen LogP contribution in [-0.2, 0) is 9.53 Å². The van der Waals surface area contributed by atoms with Gasteiger partial charge in [-0.05, 0) is 32.4 Å². The van der Waals surface area contributed by atoms with Crippen molar-refractivity contribution >= 4 is 30.7 Å². The number of amides is 1. The van der Waals surface area contributed by atoms with Crippen molar-refractivity contribution in [1.29, 1.82) is 0 Å². The third kappa shape index (κ3) is 4.70. The standard InChI is InChI=1S/C14H27N3O2.2ClH/c1-3-16(4-2)12-5-8-17(11-12)13(18)14(15)6-9-19-10-7-14;;/h12H,3-11,15H2,1-2H3;2*1H. The van der Waals surface area contributed by atoms with E-state index in [4.69, 9.17) is 10.5 Å². The summed E-state index contributed by atoms with van der Waals surface area (Å²) < 4.78 is 5.31. The zero-order chi connectivity index (χ0) is 13.9. The number of carbonyl (C=O) groups excluding carboxylic acids is 1. The second kappa shape index (κ2) is 9.16. The molecule has 0 radical (unpaired) electrons. The van der Waals surface area contributed by atoms with Gasteiger partial charge in [-0.2, -0.15) is 0 Å². The molecule has 0 aliphatic carbocycles. The monoisotopic (exact) mass is 341 g/mol. The van der Waals surface area contributed by atoms with Gasteiger partial charge >= 0.3 is 0 Å². The molecule has 2 aliphatic rings. The molecule has 1 amide bonds. The molecule has 0 bridgehead atoms. The molecule has 5 nitrogen and oxygen atoms in total. The fourth-order valence-electron chi connectivity index (χ4n) is 3.23. The van der Waals surface area contributed by atoms with Crippen molar-refractivity contribution in [3.05, 3.63) is 0 Å². The predicted octanol–water partition coefficient (Wildman–Crippen LogP) is 1.28. The van der Waals surface area contributed by atoms with Gasteiger partial charge in [0.15, 0.2) is 0 Å². The van der Waals surface area contributed by atoms with Gasteiger partial charge in [0.25, 0.3) is 0 Å². The molecule has 1 atom stereocenters. The Kier molecular flexibility index (Phi) is 9.12. The summed E-state index contributed by atoms with van der Waals surface area (Å²) in [4.78, 5) is 17.0. The molecule has 2 aliphatic heterocycles. The summed E-state index contributed by atoms with van der Waals surface area (Å²) in [7, 11) is 0. The molecule has 21 heavy (non-hydrogen) atoms. The van der Waals surface area contributed by atoms with Crippen molar-refractivity contribution < 1.29 is 9.53 Å². The van der Waals surface area contributed by atoms with Gasteiger partial charge in [0.05, 0.1) is 5.54 Å². The Bertz CT molecular complexity index is 321. The summed E-state index contributed by atoms with van der Waals surface area (Å²) >= 11 is 0. The largest absolute Gasteiger partial charge is 0.381 e. The molecule has 126 valence electrons. The Hall–Kier alpha value is -0.0700. The average Bonchev–Trinajstić information content (AvgIpc) is 2.90. The Morgan fingerprint density at radius 3 is 2.38 bits per heavy atom. The highest BCUT2D eigenvalue weighted by Gasteiger charge is 2.41. The molecular formula is C14H29Cl2N3O2. The van der Waals surface area contributed by atoms with Gasteiger partial charge in [0.1, 0.15) is 0 Å². The molecule has 2 N–H and O–H groups in total. The number of halogens is 2. The molecule has 0 aromatic carbocycles. The lowest BCUT2D eigenvalue weighted by atomic mass is 9.90. The van der Waals surface area contributed by atoms with Crippen LogP contribution in [0, 0.1) is 0 Å². The van der Waals surface area contributed by atoms with Crippen LogP contribution in [0.2, 0.25) is 0 Å². The molecule has 0 spiro atoms. The van der Waals surface area contributed by atoms with Gasteiger partial charge in [-0.15, -0.1) is 24.8 Å². The number of carbonyl (C=O) groups is 1. The first kappa shape index (κ1) is 20.9. The highest BCUT2D eigenvalue weighted by molar-refractivity contribution is 5.86. The lowest BCUT2D eigenvalue weighted by molar-refractivity contribution is -0.139. The van der Waals surface area contributed by atoms with Crippen LogP contribution in [0.15, 0.2) is 0 Å². The minimum absolute atomic E-state index is 0. The molecule has 2 saturated heterocycles. The lowest BCUT2D eigenvalue weighted by Gasteiger charge is -2.35. The van der Waals surface area contributed by atoms with E-state index in [-0.39, 0.29) is 30.7 Å². The molecule has 7 heteroatoms. The molecule has 0 aromatic rings. The second-order valence-corrected chi connectivity index (χ2v) is 5.68. The van der Waals surface area contributed by atoms with E-state index in [0.717, 1.165) is 32.6 Å². The average molecular weight is 342 g/mol. The molecule has 2 heterocycles. The molecule has 1 unspecified atom stereocenters. The topological polar surface area (TPSA) is 58.8 Å². The summed E-state index contributed by atoms with van der Waals surface area (Å²) in [5, 5.41) is 0. The first-order valence-corrected chi connectivity index (χ1v) is 7.50. The second-order valence-electron chi connectivity index (χ2n) is 5.68. The number of likely N-dealkylation sites (N-methyl/N-ethyl adjacent to an activating group) is 1. The number of hydrogen-bond donors (Lipinski definition) is 1. The Balaban J connectivity index is 0.00000200. The van der Waals surface area contributed by atoms with Crippen LogP contribution in [0.1, 0.15) is 33.1 Å². The minimum Gasteiger partial charge on any atom is -0.381 e.